The van der Waals surface area contributed by atoms with Crippen molar-refractivity contribution in [1.82, 2.24) is 9.55 Å². The van der Waals surface area contributed by atoms with E-state index in [1.54, 1.807) is 0 Å². The fourth-order valence-corrected chi connectivity index (χ4v) is 3.41. The van der Waals surface area contributed by atoms with Crippen molar-refractivity contribution < 1.29 is 9.90 Å². The Hall–Kier alpha value is -2.10. The number of carboxylic acids is 1. The van der Waals surface area contributed by atoms with E-state index in [0.717, 1.165) is 36.6 Å². The van der Waals surface area contributed by atoms with Gasteiger partial charge >= 0.3 is 5.97 Å². The highest BCUT2D eigenvalue weighted by Crippen LogP contribution is 2.37. The minimum atomic E-state index is -0.726. The number of carboxylic acid groups (broad SMARTS) is 1. The van der Waals surface area contributed by atoms with Gasteiger partial charge in [0, 0.05) is 24.1 Å². The molecular formula is C18H22N2O2. The van der Waals surface area contributed by atoms with Gasteiger partial charge in [-0.3, -0.25) is 4.79 Å². The Morgan fingerprint density at radius 3 is 2.73 bits per heavy atom. The maximum Gasteiger partial charge on any atom is 0.304 e. The van der Waals surface area contributed by atoms with Crippen LogP contribution in [0.15, 0.2) is 30.3 Å². The van der Waals surface area contributed by atoms with Gasteiger partial charge in [-0.25, -0.2) is 4.98 Å². The molecule has 0 aliphatic heterocycles. The first-order valence-corrected chi connectivity index (χ1v) is 7.91. The molecule has 0 amide bonds. The van der Waals surface area contributed by atoms with Crippen LogP contribution >= 0.6 is 0 Å². The molecule has 0 radical (unpaired) electrons. The number of imidazole rings is 1. The summed E-state index contributed by atoms with van der Waals surface area (Å²) in [5.74, 6) is 0.774. The van der Waals surface area contributed by atoms with E-state index < -0.39 is 5.97 Å². The maximum absolute atomic E-state index is 11.1. The average molecular weight is 298 g/mol. The van der Waals surface area contributed by atoms with E-state index in [0.29, 0.717) is 5.92 Å². The standard InChI is InChI=1S/C18H22N2O2/c1-12(2)18-19-15-9-8-14(10-16(21)22)17(15)20(18)11-13-6-4-3-5-7-13/h3-7,12,14H,8-11H2,1-2H3,(H,21,22). The van der Waals surface area contributed by atoms with Crippen LogP contribution in [0.3, 0.4) is 0 Å². The normalized spacial score (nSPS) is 17.0. The third-order valence-electron chi connectivity index (χ3n) is 4.35. The van der Waals surface area contributed by atoms with Crippen LogP contribution in [0.5, 0.6) is 0 Å². The number of rotatable bonds is 5. The minimum Gasteiger partial charge on any atom is -0.481 e. The van der Waals surface area contributed by atoms with E-state index in [1.807, 2.05) is 18.2 Å². The number of aryl methyl sites for hydroxylation is 1. The molecule has 0 saturated heterocycles. The highest BCUT2D eigenvalue weighted by Gasteiger charge is 2.32. The summed E-state index contributed by atoms with van der Waals surface area (Å²) >= 11 is 0. The Balaban J connectivity index is 2.01. The molecule has 1 aromatic carbocycles. The van der Waals surface area contributed by atoms with Crippen LogP contribution in [-0.4, -0.2) is 20.6 Å². The SMILES string of the molecule is CC(C)c1nc2c(n1Cc1ccccc1)C(CC(=O)O)CC2. The molecule has 2 aromatic rings. The summed E-state index contributed by atoms with van der Waals surface area (Å²) in [6.45, 7) is 5.06. The Morgan fingerprint density at radius 1 is 1.36 bits per heavy atom. The largest absolute Gasteiger partial charge is 0.481 e. The zero-order valence-corrected chi connectivity index (χ0v) is 13.1. The molecule has 1 aromatic heterocycles. The molecule has 1 atom stereocenters. The average Bonchev–Trinajstić information content (AvgIpc) is 3.01. The zero-order chi connectivity index (χ0) is 15.7. The van der Waals surface area contributed by atoms with Gasteiger partial charge in [-0.15, -0.1) is 0 Å². The molecule has 4 heteroatoms. The van der Waals surface area contributed by atoms with Crippen LogP contribution in [0.2, 0.25) is 0 Å². The van der Waals surface area contributed by atoms with Crippen LogP contribution in [-0.2, 0) is 17.8 Å². The number of nitrogens with zero attached hydrogens (tertiary/aromatic N) is 2. The van der Waals surface area contributed by atoms with Gasteiger partial charge in [0.05, 0.1) is 12.1 Å². The molecule has 1 unspecified atom stereocenters. The van der Waals surface area contributed by atoms with E-state index in [4.69, 9.17) is 10.1 Å². The van der Waals surface area contributed by atoms with E-state index in [9.17, 15) is 4.79 Å². The number of benzene rings is 1. The van der Waals surface area contributed by atoms with E-state index in [1.165, 1.54) is 5.56 Å². The lowest BCUT2D eigenvalue weighted by atomic mass is 10.0. The first-order valence-electron chi connectivity index (χ1n) is 7.91. The smallest absolute Gasteiger partial charge is 0.304 e. The first kappa shape index (κ1) is 14.8. The summed E-state index contributed by atoms with van der Waals surface area (Å²) in [4.78, 5) is 16.0. The second-order valence-corrected chi connectivity index (χ2v) is 6.36. The molecule has 0 saturated carbocycles. The third-order valence-corrected chi connectivity index (χ3v) is 4.35. The first-order chi connectivity index (χ1) is 10.6. The van der Waals surface area contributed by atoms with Crippen LogP contribution < -0.4 is 0 Å². The van der Waals surface area contributed by atoms with Crippen LogP contribution in [0.1, 0.15) is 61.3 Å². The number of aliphatic carboxylic acids is 1. The molecule has 3 rings (SSSR count). The predicted molar refractivity (Wildman–Crippen MR) is 85.2 cm³/mol. The molecule has 1 heterocycles. The predicted octanol–water partition coefficient (Wildman–Crippen LogP) is 3.56. The van der Waals surface area contributed by atoms with Crippen molar-refractivity contribution in [2.24, 2.45) is 0 Å². The monoisotopic (exact) mass is 298 g/mol. The minimum absolute atomic E-state index is 0.0937. The lowest BCUT2D eigenvalue weighted by molar-refractivity contribution is -0.137. The third kappa shape index (κ3) is 2.78. The number of fused-ring (bicyclic) bond motifs is 1. The highest BCUT2D eigenvalue weighted by atomic mass is 16.4. The molecule has 1 aliphatic rings. The van der Waals surface area contributed by atoms with Gasteiger partial charge in [-0.05, 0) is 18.4 Å². The van der Waals surface area contributed by atoms with Crippen molar-refractivity contribution in [3.05, 3.63) is 53.1 Å². The summed E-state index contributed by atoms with van der Waals surface area (Å²) in [6, 6.07) is 10.3. The Kier molecular flexibility index (Phi) is 4.01. The van der Waals surface area contributed by atoms with Crippen molar-refractivity contribution >= 4 is 5.97 Å². The lowest BCUT2D eigenvalue weighted by Crippen LogP contribution is -2.13. The molecule has 116 valence electrons. The number of carbonyl (C=O) groups is 1. The van der Waals surface area contributed by atoms with Crippen LogP contribution in [0, 0.1) is 0 Å². The molecule has 22 heavy (non-hydrogen) atoms. The summed E-state index contributed by atoms with van der Waals surface area (Å²) in [7, 11) is 0. The van der Waals surface area contributed by atoms with Gasteiger partial charge in [0.1, 0.15) is 5.82 Å². The van der Waals surface area contributed by atoms with Crippen molar-refractivity contribution in [1.29, 1.82) is 0 Å². The number of aromatic nitrogens is 2. The summed E-state index contributed by atoms with van der Waals surface area (Å²) in [5, 5.41) is 9.17. The number of hydrogen-bond acceptors (Lipinski definition) is 2. The Bertz CT molecular complexity index is 674. The molecular weight excluding hydrogens is 276 g/mol. The molecule has 4 nitrogen and oxygen atoms in total. The quantitative estimate of drug-likeness (QED) is 0.918. The molecule has 0 spiro atoms. The summed E-state index contributed by atoms with van der Waals surface area (Å²) in [5.41, 5.74) is 3.48. The molecule has 0 fully saturated rings. The van der Waals surface area contributed by atoms with Gasteiger partial charge in [0.2, 0.25) is 0 Å². The van der Waals surface area contributed by atoms with E-state index in [2.05, 4.69) is 30.5 Å². The van der Waals surface area contributed by atoms with E-state index >= 15 is 0 Å². The molecule has 1 aliphatic carbocycles. The second-order valence-electron chi connectivity index (χ2n) is 6.36. The summed E-state index contributed by atoms with van der Waals surface area (Å²) in [6.07, 6.45) is 2.00. The molecule has 1 N–H and O–H groups in total. The van der Waals surface area contributed by atoms with Crippen molar-refractivity contribution in [2.45, 2.75) is 51.5 Å². The van der Waals surface area contributed by atoms with Gasteiger partial charge < -0.3 is 9.67 Å². The molecule has 0 bridgehead atoms. The van der Waals surface area contributed by atoms with E-state index in [-0.39, 0.29) is 12.3 Å². The fourth-order valence-electron chi connectivity index (χ4n) is 3.41. The lowest BCUT2D eigenvalue weighted by Gasteiger charge is -2.17. The highest BCUT2D eigenvalue weighted by molar-refractivity contribution is 5.68. The summed E-state index contributed by atoms with van der Waals surface area (Å²) < 4.78 is 2.26. The van der Waals surface area contributed by atoms with Crippen molar-refractivity contribution in [2.75, 3.05) is 0 Å². The Morgan fingerprint density at radius 2 is 2.09 bits per heavy atom. The van der Waals surface area contributed by atoms with Gasteiger partial charge in [-0.2, -0.15) is 0 Å². The number of hydrogen-bond donors (Lipinski definition) is 1. The van der Waals surface area contributed by atoms with Gasteiger partial charge in [-0.1, -0.05) is 44.2 Å². The van der Waals surface area contributed by atoms with Gasteiger partial charge in [0.15, 0.2) is 0 Å². The van der Waals surface area contributed by atoms with Crippen LogP contribution in [0.4, 0.5) is 0 Å². The van der Waals surface area contributed by atoms with Crippen molar-refractivity contribution in [3.63, 3.8) is 0 Å². The second kappa shape index (κ2) is 5.95. The van der Waals surface area contributed by atoms with Crippen LogP contribution in [0.25, 0.3) is 0 Å². The zero-order valence-electron chi connectivity index (χ0n) is 13.1. The maximum atomic E-state index is 11.1. The van der Waals surface area contributed by atoms with Gasteiger partial charge in [0.25, 0.3) is 0 Å². The van der Waals surface area contributed by atoms with Crippen molar-refractivity contribution in [3.8, 4) is 0 Å². The fraction of sp³-hybridized carbons (Fsp3) is 0.444. The topological polar surface area (TPSA) is 55.1 Å². The Labute approximate surface area is 130 Å².